The topological polar surface area (TPSA) is 97.2 Å². The third kappa shape index (κ3) is 3.83. The molecule has 0 aliphatic rings. The van der Waals surface area contributed by atoms with Crippen molar-refractivity contribution in [2.45, 2.75) is 6.92 Å². The molecule has 0 aliphatic carbocycles. The summed E-state index contributed by atoms with van der Waals surface area (Å²) in [4.78, 5) is 32.0. The van der Waals surface area contributed by atoms with E-state index in [0.29, 0.717) is 28.0 Å². The van der Waals surface area contributed by atoms with Crippen molar-refractivity contribution in [2.24, 2.45) is 0 Å². The first-order valence-corrected chi connectivity index (χ1v) is 9.62. The quantitative estimate of drug-likeness (QED) is 0.513. The van der Waals surface area contributed by atoms with Gasteiger partial charge >= 0.3 is 0 Å². The Balaban J connectivity index is 1.56. The van der Waals surface area contributed by atoms with Crippen molar-refractivity contribution in [3.05, 3.63) is 75.6 Å². The molecule has 7 nitrogen and oxygen atoms in total. The monoisotopic (exact) mass is 407 g/mol. The van der Waals surface area contributed by atoms with Gasteiger partial charge in [-0.1, -0.05) is 11.6 Å². The van der Waals surface area contributed by atoms with Crippen LogP contribution in [0.1, 0.15) is 15.9 Å². The molecular formula is C21H17N3O4S. The second-order valence-electron chi connectivity index (χ2n) is 6.29. The van der Waals surface area contributed by atoms with E-state index in [4.69, 9.17) is 9.15 Å². The lowest BCUT2D eigenvalue weighted by Gasteiger charge is -2.07. The summed E-state index contributed by atoms with van der Waals surface area (Å²) in [5.41, 5.74) is 2.58. The highest BCUT2D eigenvalue weighted by Gasteiger charge is 2.16. The molecule has 29 heavy (non-hydrogen) atoms. The van der Waals surface area contributed by atoms with Gasteiger partial charge in [-0.3, -0.25) is 14.9 Å². The Kier molecular flexibility index (Phi) is 5.01. The number of aromatic amines is 1. The van der Waals surface area contributed by atoms with Crippen LogP contribution in [0.4, 0.5) is 5.13 Å². The van der Waals surface area contributed by atoms with Crippen molar-refractivity contribution in [1.82, 2.24) is 9.97 Å². The number of hydrogen-bond acceptors (Lipinski definition) is 6. The summed E-state index contributed by atoms with van der Waals surface area (Å²) in [7, 11) is 1.60. The van der Waals surface area contributed by atoms with Crippen LogP contribution in [0.25, 0.3) is 22.7 Å². The van der Waals surface area contributed by atoms with E-state index >= 15 is 0 Å². The van der Waals surface area contributed by atoms with Crippen molar-refractivity contribution < 1.29 is 13.9 Å². The molecule has 8 heteroatoms. The van der Waals surface area contributed by atoms with Gasteiger partial charge in [-0.2, -0.15) is 0 Å². The summed E-state index contributed by atoms with van der Waals surface area (Å²) in [6, 6.07) is 12.3. The summed E-state index contributed by atoms with van der Waals surface area (Å²) >= 11 is 1.27. The summed E-state index contributed by atoms with van der Waals surface area (Å²) in [5.74, 6) is 0.684. The third-order valence-electron chi connectivity index (χ3n) is 4.30. The summed E-state index contributed by atoms with van der Waals surface area (Å²) in [6.45, 7) is 1.98. The molecule has 0 saturated heterocycles. The van der Waals surface area contributed by atoms with E-state index in [2.05, 4.69) is 15.3 Å². The fourth-order valence-electron chi connectivity index (χ4n) is 2.87. The van der Waals surface area contributed by atoms with Crippen LogP contribution < -0.4 is 15.6 Å². The van der Waals surface area contributed by atoms with E-state index in [1.165, 1.54) is 23.7 Å². The minimum Gasteiger partial charge on any atom is -0.496 e. The van der Waals surface area contributed by atoms with Crippen LogP contribution in [0.5, 0.6) is 5.75 Å². The van der Waals surface area contributed by atoms with Gasteiger partial charge in [0.25, 0.3) is 11.5 Å². The van der Waals surface area contributed by atoms with Crippen molar-refractivity contribution >= 4 is 22.4 Å². The van der Waals surface area contributed by atoms with Gasteiger partial charge in [0.05, 0.1) is 24.8 Å². The molecule has 1 aromatic carbocycles. The van der Waals surface area contributed by atoms with E-state index in [1.54, 1.807) is 25.3 Å². The zero-order valence-corrected chi connectivity index (χ0v) is 16.5. The number of pyridine rings is 1. The molecule has 3 aromatic heterocycles. The number of benzene rings is 1. The molecule has 4 aromatic rings. The van der Waals surface area contributed by atoms with Crippen molar-refractivity contribution in [1.29, 1.82) is 0 Å². The number of rotatable bonds is 5. The lowest BCUT2D eigenvalue weighted by molar-refractivity contribution is 0.102. The van der Waals surface area contributed by atoms with Gasteiger partial charge in [-0.15, -0.1) is 11.3 Å². The predicted octanol–water partition coefficient (Wildman–Crippen LogP) is 4.33. The molecule has 4 rings (SSSR count). The molecule has 0 aliphatic heterocycles. The number of hydrogen-bond donors (Lipinski definition) is 2. The summed E-state index contributed by atoms with van der Waals surface area (Å²) in [5, 5.41) is 4.90. The molecule has 0 saturated carbocycles. The number of aromatic nitrogens is 2. The van der Waals surface area contributed by atoms with Gasteiger partial charge in [0.2, 0.25) is 0 Å². The van der Waals surface area contributed by atoms with Crippen LogP contribution in [-0.2, 0) is 0 Å². The minimum absolute atomic E-state index is 0.00908. The molecule has 0 radical (unpaired) electrons. The number of carbonyl (C=O) groups is 1. The number of amides is 1. The maximum Gasteiger partial charge on any atom is 0.263 e. The fourth-order valence-corrected chi connectivity index (χ4v) is 3.57. The van der Waals surface area contributed by atoms with E-state index in [0.717, 1.165) is 11.1 Å². The molecule has 0 unspecified atom stereocenters. The maximum atomic E-state index is 12.5. The first-order chi connectivity index (χ1) is 14.0. The number of H-pyrrole nitrogens is 1. The van der Waals surface area contributed by atoms with Crippen LogP contribution in [0.3, 0.4) is 0 Å². The Hall–Kier alpha value is -3.65. The van der Waals surface area contributed by atoms with Crippen molar-refractivity contribution in [3.8, 4) is 28.5 Å². The number of furan rings is 1. The fraction of sp³-hybridized carbons (Fsp3) is 0.0952. The van der Waals surface area contributed by atoms with E-state index in [-0.39, 0.29) is 5.56 Å². The highest BCUT2D eigenvalue weighted by Crippen LogP contribution is 2.33. The Morgan fingerprint density at radius 3 is 2.83 bits per heavy atom. The van der Waals surface area contributed by atoms with Gasteiger partial charge in [-0.25, -0.2) is 4.98 Å². The number of anilines is 1. The molecule has 3 heterocycles. The van der Waals surface area contributed by atoms with E-state index in [1.807, 2.05) is 30.5 Å². The standard InChI is InChI=1S/C21H17N3O4S/c1-12-5-8-17(27-2)14(10-12)16-11-29-21(23-16)24-20(26)13-6-7-15(22-19(13)25)18-4-3-9-28-18/h3-11H,1-2H3,(H,22,25)(H,23,24,26). The number of thiazole rings is 1. The van der Waals surface area contributed by atoms with E-state index in [9.17, 15) is 9.59 Å². The average Bonchev–Trinajstić information content (AvgIpc) is 3.40. The Bertz CT molecular complexity index is 1220. The molecule has 0 atom stereocenters. The summed E-state index contributed by atoms with van der Waals surface area (Å²) in [6.07, 6.45) is 1.51. The van der Waals surface area contributed by atoms with Crippen LogP contribution >= 0.6 is 11.3 Å². The first kappa shape index (κ1) is 18.7. The average molecular weight is 407 g/mol. The third-order valence-corrected chi connectivity index (χ3v) is 5.05. The number of nitrogens with one attached hydrogen (secondary N) is 2. The largest absolute Gasteiger partial charge is 0.496 e. The van der Waals surface area contributed by atoms with E-state index < -0.39 is 11.5 Å². The smallest absolute Gasteiger partial charge is 0.263 e. The molecule has 146 valence electrons. The SMILES string of the molecule is COc1ccc(C)cc1-c1csc(NC(=O)c2ccc(-c3ccco3)[nH]c2=O)n1. The zero-order chi connectivity index (χ0) is 20.4. The molecule has 1 amide bonds. The van der Waals surface area contributed by atoms with Crippen LogP contribution in [-0.4, -0.2) is 23.0 Å². The number of ether oxygens (including phenoxy) is 1. The second kappa shape index (κ2) is 7.76. The van der Waals surface area contributed by atoms with Crippen LogP contribution in [0, 0.1) is 6.92 Å². The molecule has 0 bridgehead atoms. The van der Waals surface area contributed by atoms with Crippen LogP contribution in [0.15, 0.2) is 63.3 Å². The van der Waals surface area contributed by atoms with Crippen molar-refractivity contribution in [2.75, 3.05) is 12.4 Å². The van der Waals surface area contributed by atoms with Gasteiger partial charge in [0.1, 0.15) is 17.1 Å². The number of methoxy groups -OCH3 is 1. The van der Waals surface area contributed by atoms with Crippen LogP contribution in [0.2, 0.25) is 0 Å². The normalized spacial score (nSPS) is 10.7. The lowest BCUT2D eigenvalue weighted by Crippen LogP contribution is -2.23. The Labute approximate surface area is 170 Å². The first-order valence-electron chi connectivity index (χ1n) is 8.74. The van der Waals surface area contributed by atoms with Gasteiger partial charge in [0, 0.05) is 10.9 Å². The maximum absolute atomic E-state index is 12.5. The summed E-state index contributed by atoms with van der Waals surface area (Å²) < 4.78 is 10.6. The number of aryl methyl sites for hydroxylation is 1. The predicted molar refractivity (Wildman–Crippen MR) is 112 cm³/mol. The second-order valence-corrected chi connectivity index (χ2v) is 7.15. The number of nitrogens with zero attached hydrogens (tertiary/aromatic N) is 1. The highest BCUT2D eigenvalue weighted by molar-refractivity contribution is 7.14. The van der Waals surface area contributed by atoms with Crippen molar-refractivity contribution in [3.63, 3.8) is 0 Å². The molecule has 0 spiro atoms. The molecule has 0 fully saturated rings. The van der Waals surface area contributed by atoms with Gasteiger partial charge in [-0.05, 0) is 43.3 Å². The zero-order valence-electron chi connectivity index (χ0n) is 15.7. The molecular weight excluding hydrogens is 390 g/mol. The van der Waals surface area contributed by atoms with Gasteiger partial charge < -0.3 is 14.1 Å². The Morgan fingerprint density at radius 1 is 1.24 bits per heavy atom. The molecule has 2 N–H and O–H groups in total. The minimum atomic E-state index is -0.533. The highest BCUT2D eigenvalue weighted by atomic mass is 32.1. The van der Waals surface area contributed by atoms with Gasteiger partial charge in [0.15, 0.2) is 5.13 Å². The lowest BCUT2D eigenvalue weighted by atomic mass is 10.1. The Morgan fingerprint density at radius 2 is 2.10 bits per heavy atom. The number of carbonyl (C=O) groups excluding carboxylic acids is 1.